The number of piperazine rings is 1. The molecule has 0 spiro atoms. The number of anilines is 1. The quantitative estimate of drug-likeness (QED) is 0.436. The van der Waals surface area contributed by atoms with Crippen molar-refractivity contribution < 1.29 is 32.2 Å². The van der Waals surface area contributed by atoms with Gasteiger partial charge in [-0.15, -0.1) is 11.3 Å². The number of carbonyl (C=O) groups excluding carboxylic acids is 2. The minimum Gasteiger partial charge on any atom is -0.462 e. The van der Waals surface area contributed by atoms with Gasteiger partial charge >= 0.3 is 12.1 Å². The van der Waals surface area contributed by atoms with Crippen molar-refractivity contribution in [1.29, 1.82) is 0 Å². The number of thiophene rings is 1. The molecule has 0 unspecified atom stereocenters. The topological polar surface area (TPSA) is 71.1 Å². The average molecular weight is 452 g/mol. The Morgan fingerprint density at radius 1 is 1.20 bits per heavy atom. The van der Waals surface area contributed by atoms with Gasteiger partial charge in [-0.05, 0) is 31.9 Å². The highest BCUT2D eigenvalue weighted by Gasteiger charge is 2.27. The summed E-state index contributed by atoms with van der Waals surface area (Å²) in [6.07, 6.45) is -3.74. The van der Waals surface area contributed by atoms with Crippen molar-refractivity contribution in [3.05, 3.63) is 16.5 Å². The number of aryl methyl sites for hydroxylation is 1. The van der Waals surface area contributed by atoms with E-state index in [9.17, 15) is 22.8 Å². The van der Waals surface area contributed by atoms with Crippen LogP contribution in [0, 0.1) is 6.92 Å². The third-order valence-corrected chi connectivity index (χ3v) is 5.63. The lowest BCUT2D eigenvalue weighted by molar-refractivity contribution is -0.174. The number of nitrogens with zero attached hydrogens (tertiary/aromatic N) is 2. The molecule has 1 aromatic heterocycles. The van der Waals surface area contributed by atoms with Gasteiger partial charge in [-0.2, -0.15) is 13.2 Å². The highest BCUT2D eigenvalue weighted by molar-refractivity contribution is 7.18. The van der Waals surface area contributed by atoms with Gasteiger partial charge in [0.2, 0.25) is 5.91 Å². The fourth-order valence-corrected chi connectivity index (χ4v) is 4.05. The van der Waals surface area contributed by atoms with Crippen molar-refractivity contribution in [1.82, 2.24) is 9.80 Å². The molecular formula is C19H28F3N3O4S. The Morgan fingerprint density at radius 2 is 1.87 bits per heavy atom. The van der Waals surface area contributed by atoms with Gasteiger partial charge in [0.25, 0.3) is 0 Å². The second-order valence-electron chi connectivity index (χ2n) is 7.03. The van der Waals surface area contributed by atoms with Gasteiger partial charge in [0.1, 0.15) is 11.5 Å². The second kappa shape index (κ2) is 11.6. The summed E-state index contributed by atoms with van der Waals surface area (Å²) in [5.74, 6) is -0.541. The van der Waals surface area contributed by atoms with E-state index in [1.165, 1.54) is 11.3 Å². The molecular weight excluding hydrogens is 423 g/mol. The van der Waals surface area contributed by atoms with Gasteiger partial charge < -0.3 is 19.7 Å². The van der Waals surface area contributed by atoms with Crippen LogP contribution < -0.4 is 5.32 Å². The molecule has 1 aliphatic rings. The molecule has 0 radical (unpaired) electrons. The number of amides is 1. The molecule has 0 bridgehead atoms. The van der Waals surface area contributed by atoms with E-state index < -0.39 is 12.8 Å². The summed E-state index contributed by atoms with van der Waals surface area (Å²) in [5, 5.41) is 3.44. The summed E-state index contributed by atoms with van der Waals surface area (Å²) < 4.78 is 45.7. The van der Waals surface area contributed by atoms with E-state index in [2.05, 4.69) is 15.0 Å². The zero-order valence-corrected chi connectivity index (χ0v) is 18.0. The lowest BCUT2D eigenvalue weighted by Crippen LogP contribution is -2.48. The molecule has 0 atom stereocenters. The molecule has 170 valence electrons. The Hall–Kier alpha value is -1.69. The van der Waals surface area contributed by atoms with Crippen LogP contribution in [0.15, 0.2) is 6.07 Å². The minimum atomic E-state index is -4.28. The van der Waals surface area contributed by atoms with E-state index in [-0.39, 0.29) is 25.0 Å². The number of esters is 1. The largest absolute Gasteiger partial charge is 0.462 e. The van der Waals surface area contributed by atoms with Crippen molar-refractivity contribution in [2.45, 2.75) is 26.4 Å². The van der Waals surface area contributed by atoms with Crippen molar-refractivity contribution in [3.8, 4) is 0 Å². The first-order valence-corrected chi connectivity index (χ1v) is 10.7. The number of halogens is 3. The molecule has 11 heteroatoms. The Balaban J connectivity index is 1.66. The zero-order valence-electron chi connectivity index (χ0n) is 17.2. The molecule has 1 saturated heterocycles. The maximum atomic E-state index is 12.3. The van der Waals surface area contributed by atoms with Gasteiger partial charge in [0.15, 0.2) is 0 Å². The fourth-order valence-electron chi connectivity index (χ4n) is 3.07. The second-order valence-corrected chi connectivity index (χ2v) is 8.08. The van der Waals surface area contributed by atoms with Crippen LogP contribution in [0.5, 0.6) is 0 Å². The SMILES string of the molecule is CCOC(=O)c1sc(NC(=O)CN2CCN(CCCOCC(F)(F)F)CC2)cc1C. The fraction of sp³-hybridized carbons (Fsp3) is 0.684. The number of carbonyl (C=O) groups is 2. The Labute approximate surface area is 178 Å². The molecule has 7 nitrogen and oxygen atoms in total. The first kappa shape index (κ1) is 24.6. The lowest BCUT2D eigenvalue weighted by Gasteiger charge is -2.34. The number of hydrogen-bond acceptors (Lipinski definition) is 7. The van der Waals surface area contributed by atoms with Crippen LogP contribution in [0.1, 0.15) is 28.6 Å². The van der Waals surface area contributed by atoms with Gasteiger partial charge in [-0.1, -0.05) is 0 Å². The van der Waals surface area contributed by atoms with Crippen LogP contribution in [0.2, 0.25) is 0 Å². The van der Waals surface area contributed by atoms with Crippen LogP contribution in [-0.2, 0) is 14.3 Å². The predicted octanol–water partition coefficient (Wildman–Crippen LogP) is 2.76. The third kappa shape index (κ3) is 8.58. The van der Waals surface area contributed by atoms with Crippen LogP contribution in [0.25, 0.3) is 0 Å². The number of hydrogen-bond donors (Lipinski definition) is 1. The summed E-state index contributed by atoms with van der Waals surface area (Å²) in [6.45, 7) is 6.52. The highest BCUT2D eigenvalue weighted by Crippen LogP contribution is 2.27. The highest BCUT2D eigenvalue weighted by atomic mass is 32.1. The van der Waals surface area contributed by atoms with E-state index in [0.29, 0.717) is 42.5 Å². The molecule has 1 fully saturated rings. The summed E-state index contributed by atoms with van der Waals surface area (Å²) in [4.78, 5) is 28.9. The predicted molar refractivity (Wildman–Crippen MR) is 108 cm³/mol. The van der Waals surface area contributed by atoms with E-state index in [0.717, 1.165) is 18.7 Å². The summed E-state index contributed by atoms with van der Waals surface area (Å²) in [7, 11) is 0. The van der Waals surface area contributed by atoms with Crippen LogP contribution >= 0.6 is 11.3 Å². The molecule has 2 heterocycles. The summed E-state index contributed by atoms with van der Waals surface area (Å²) in [5.41, 5.74) is 0.765. The Morgan fingerprint density at radius 3 is 2.50 bits per heavy atom. The maximum Gasteiger partial charge on any atom is 0.411 e. The van der Waals surface area contributed by atoms with Gasteiger partial charge in [-0.25, -0.2) is 4.79 Å². The van der Waals surface area contributed by atoms with Crippen molar-refractivity contribution in [2.24, 2.45) is 0 Å². The molecule has 0 aromatic carbocycles. The molecule has 0 aliphatic carbocycles. The van der Waals surface area contributed by atoms with E-state index in [1.54, 1.807) is 19.9 Å². The van der Waals surface area contributed by atoms with Crippen molar-refractivity contribution >= 4 is 28.2 Å². The maximum absolute atomic E-state index is 12.3. The van der Waals surface area contributed by atoms with Gasteiger partial charge in [0, 0.05) is 39.3 Å². The molecule has 1 aromatic rings. The Kier molecular flexibility index (Phi) is 9.53. The Bertz CT molecular complexity index is 704. The van der Waals surface area contributed by atoms with E-state index >= 15 is 0 Å². The molecule has 0 saturated carbocycles. The number of rotatable bonds is 10. The summed E-state index contributed by atoms with van der Waals surface area (Å²) in [6, 6.07) is 1.76. The monoisotopic (exact) mass is 451 g/mol. The number of nitrogens with one attached hydrogen (secondary N) is 1. The molecule has 1 amide bonds. The average Bonchev–Trinajstić information content (AvgIpc) is 3.02. The zero-order chi connectivity index (χ0) is 22.1. The smallest absolute Gasteiger partial charge is 0.411 e. The van der Waals surface area contributed by atoms with Crippen molar-refractivity contribution in [2.75, 3.05) is 64.4 Å². The minimum absolute atomic E-state index is 0.0795. The standard InChI is InChI=1S/C19H28F3N3O4S/c1-3-29-18(27)17-14(2)11-16(30-17)23-15(26)12-25-8-6-24(7-9-25)5-4-10-28-13-19(20,21)22/h11H,3-10,12-13H2,1-2H3,(H,23,26). The first-order valence-electron chi connectivity index (χ1n) is 9.84. The van der Waals surface area contributed by atoms with E-state index in [1.807, 2.05) is 4.90 Å². The van der Waals surface area contributed by atoms with Crippen LogP contribution in [0.4, 0.5) is 18.2 Å². The molecule has 2 rings (SSSR count). The third-order valence-electron chi connectivity index (χ3n) is 4.50. The first-order chi connectivity index (χ1) is 14.2. The lowest BCUT2D eigenvalue weighted by atomic mass is 10.3. The van der Waals surface area contributed by atoms with Gasteiger partial charge in [-0.3, -0.25) is 9.69 Å². The summed E-state index contributed by atoms with van der Waals surface area (Å²) >= 11 is 1.20. The number of ether oxygens (including phenoxy) is 2. The van der Waals surface area contributed by atoms with Crippen LogP contribution in [0.3, 0.4) is 0 Å². The van der Waals surface area contributed by atoms with Gasteiger partial charge in [0.05, 0.1) is 18.2 Å². The molecule has 30 heavy (non-hydrogen) atoms. The molecule has 1 aliphatic heterocycles. The van der Waals surface area contributed by atoms with E-state index in [4.69, 9.17) is 4.74 Å². The normalized spacial score (nSPS) is 15.9. The number of alkyl halides is 3. The molecule has 1 N–H and O–H groups in total. The van der Waals surface area contributed by atoms with Crippen molar-refractivity contribution in [3.63, 3.8) is 0 Å². The van der Waals surface area contributed by atoms with Crippen LogP contribution in [-0.4, -0.2) is 86.9 Å².